The number of nitrogen functional groups attached to an aromatic ring is 1. The summed E-state index contributed by atoms with van der Waals surface area (Å²) in [5.74, 6) is -0.447. The van der Waals surface area contributed by atoms with Gasteiger partial charge in [0.2, 0.25) is 5.91 Å². The number of anilines is 2. The molecule has 19 heavy (non-hydrogen) atoms. The summed E-state index contributed by atoms with van der Waals surface area (Å²) in [5, 5.41) is 2.52. The fraction of sp³-hybridized carbons (Fsp3) is 0.462. The van der Waals surface area contributed by atoms with Crippen LogP contribution in [0.4, 0.5) is 15.8 Å². The standard InChI is InChI=1S/C13H17FN2O3/c14-10-1-2-11(15)12(5-10)16-13(17)8-19-7-9-3-4-18-6-9/h1-2,5,9H,3-4,6-8,15H2,(H,16,17). The van der Waals surface area contributed by atoms with E-state index in [1.165, 1.54) is 18.2 Å². The quantitative estimate of drug-likeness (QED) is 0.792. The largest absolute Gasteiger partial charge is 0.397 e. The van der Waals surface area contributed by atoms with Crippen molar-refractivity contribution in [3.05, 3.63) is 24.0 Å². The number of nitrogens with two attached hydrogens (primary N) is 1. The van der Waals surface area contributed by atoms with E-state index in [9.17, 15) is 9.18 Å². The minimum Gasteiger partial charge on any atom is -0.397 e. The zero-order valence-corrected chi connectivity index (χ0v) is 10.5. The van der Waals surface area contributed by atoms with Crippen LogP contribution < -0.4 is 11.1 Å². The minimum atomic E-state index is -0.450. The summed E-state index contributed by atoms with van der Waals surface area (Å²) in [5.41, 5.74) is 6.21. The number of amides is 1. The summed E-state index contributed by atoms with van der Waals surface area (Å²) in [7, 11) is 0. The molecule has 6 heteroatoms. The van der Waals surface area contributed by atoms with E-state index in [0.29, 0.717) is 24.8 Å². The maximum atomic E-state index is 13.0. The highest BCUT2D eigenvalue weighted by Gasteiger charge is 2.16. The van der Waals surface area contributed by atoms with Gasteiger partial charge in [0.25, 0.3) is 0 Å². The highest BCUT2D eigenvalue weighted by atomic mass is 19.1. The van der Waals surface area contributed by atoms with Crippen molar-refractivity contribution >= 4 is 17.3 Å². The van der Waals surface area contributed by atoms with Gasteiger partial charge in [-0.2, -0.15) is 0 Å². The van der Waals surface area contributed by atoms with Crippen molar-refractivity contribution in [1.82, 2.24) is 0 Å². The van der Waals surface area contributed by atoms with E-state index in [1.54, 1.807) is 0 Å². The van der Waals surface area contributed by atoms with Crippen molar-refractivity contribution in [2.45, 2.75) is 6.42 Å². The van der Waals surface area contributed by atoms with Crippen molar-refractivity contribution in [2.24, 2.45) is 5.92 Å². The van der Waals surface area contributed by atoms with Gasteiger partial charge in [-0.1, -0.05) is 0 Å². The van der Waals surface area contributed by atoms with Gasteiger partial charge in [0, 0.05) is 12.5 Å². The molecule has 0 spiro atoms. The molecule has 1 atom stereocenters. The number of ether oxygens (including phenoxy) is 2. The number of nitrogens with one attached hydrogen (secondary N) is 1. The molecule has 0 aliphatic carbocycles. The van der Waals surface area contributed by atoms with E-state index in [-0.39, 0.29) is 18.2 Å². The molecule has 1 saturated heterocycles. The second-order valence-electron chi connectivity index (χ2n) is 4.52. The lowest BCUT2D eigenvalue weighted by molar-refractivity contribution is -0.121. The molecule has 0 aromatic heterocycles. The van der Waals surface area contributed by atoms with E-state index in [2.05, 4.69) is 5.32 Å². The van der Waals surface area contributed by atoms with Crippen molar-refractivity contribution in [2.75, 3.05) is 37.5 Å². The van der Waals surface area contributed by atoms with Crippen molar-refractivity contribution in [1.29, 1.82) is 0 Å². The maximum Gasteiger partial charge on any atom is 0.250 e. The molecule has 2 rings (SSSR count). The highest BCUT2D eigenvalue weighted by Crippen LogP contribution is 2.19. The number of carbonyl (C=O) groups is 1. The first-order valence-electron chi connectivity index (χ1n) is 6.15. The molecule has 1 fully saturated rings. The molecule has 1 aromatic carbocycles. The molecular formula is C13H17FN2O3. The Labute approximate surface area is 110 Å². The summed E-state index contributed by atoms with van der Waals surface area (Å²) >= 11 is 0. The third-order valence-corrected chi connectivity index (χ3v) is 2.90. The van der Waals surface area contributed by atoms with E-state index in [1.807, 2.05) is 0 Å². The molecule has 1 aliphatic rings. The second-order valence-corrected chi connectivity index (χ2v) is 4.52. The van der Waals surface area contributed by atoms with Gasteiger partial charge in [0.1, 0.15) is 12.4 Å². The Morgan fingerprint density at radius 3 is 3.16 bits per heavy atom. The Balaban J connectivity index is 1.75. The molecular weight excluding hydrogens is 251 g/mol. The smallest absolute Gasteiger partial charge is 0.250 e. The molecule has 104 valence electrons. The summed E-state index contributed by atoms with van der Waals surface area (Å²) in [6.45, 7) is 1.84. The van der Waals surface area contributed by atoms with E-state index in [4.69, 9.17) is 15.2 Å². The normalized spacial score (nSPS) is 18.5. The summed E-state index contributed by atoms with van der Waals surface area (Å²) in [6.07, 6.45) is 0.957. The van der Waals surface area contributed by atoms with Crippen LogP contribution in [0.2, 0.25) is 0 Å². The SMILES string of the molecule is Nc1ccc(F)cc1NC(=O)COCC1CCOC1. The summed E-state index contributed by atoms with van der Waals surface area (Å²) in [4.78, 5) is 11.6. The van der Waals surface area contributed by atoms with Crippen LogP contribution in [-0.4, -0.2) is 32.3 Å². The van der Waals surface area contributed by atoms with Crippen LogP contribution in [-0.2, 0) is 14.3 Å². The molecule has 0 radical (unpaired) electrons. The van der Waals surface area contributed by atoms with Crippen LogP contribution in [0.5, 0.6) is 0 Å². The first-order chi connectivity index (χ1) is 9.15. The molecule has 0 saturated carbocycles. The summed E-state index contributed by atoms with van der Waals surface area (Å²) in [6, 6.07) is 3.82. The Morgan fingerprint density at radius 2 is 2.42 bits per heavy atom. The van der Waals surface area contributed by atoms with E-state index >= 15 is 0 Å². The molecule has 1 amide bonds. The number of carbonyl (C=O) groups excluding carboxylic acids is 1. The summed E-state index contributed by atoms with van der Waals surface area (Å²) < 4.78 is 23.5. The topological polar surface area (TPSA) is 73.6 Å². The van der Waals surface area contributed by atoms with Crippen LogP contribution in [0, 0.1) is 11.7 Å². The zero-order chi connectivity index (χ0) is 13.7. The number of hydrogen-bond donors (Lipinski definition) is 2. The molecule has 1 aromatic rings. The van der Waals surface area contributed by atoms with Gasteiger partial charge >= 0.3 is 0 Å². The van der Waals surface area contributed by atoms with Crippen LogP contribution in [0.25, 0.3) is 0 Å². The van der Waals surface area contributed by atoms with Crippen molar-refractivity contribution in [3.8, 4) is 0 Å². The Bertz CT molecular complexity index is 448. The van der Waals surface area contributed by atoms with Crippen molar-refractivity contribution < 1.29 is 18.7 Å². The monoisotopic (exact) mass is 268 g/mol. The highest BCUT2D eigenvalue weighted by molar-refractivity contribution is 5.94. The zero-order valence-electron chi connectivity index (χ0n) is 10.5. The number of hydrogen-bond acceptors (Lipinski definition) is 4. The Morgan fingerprint density at radius 1 is 1.58 bits per heavy atom. The van der Waals surface area contributed by atoms with Gasteiger partial charge in [0.15, 0.2) is 0 Å². The van der Waals surface area contributed by atoms with Crippen molar-refractivity contribution in [3.63, 3.8) is 0 Å². The lowest BCUT2D eigenvalue weighted by atomic mass is 10.1. The van der Waals surface area contributed by atoms with E-state index in [0.717, 1.165) is 13.0 Å². The predicted octanol–water partition coefficient (Wildman–Crippen LogP) is 1.40. The fourth-order valence-electron chi connectivity index (χ4n) is 1.86. The first-order valence-corrected chi connectivity index (χ1v) is 6.15. The first kappa shape index (κ1) is 13.8. The predicted molar refractivity (Wildman–Crippen MR) is 69.2 cm³/mol. The van der Waals surface area contributed by atoms with Gasteiger partial charge in [-0.25, -0.2) is 4.39 Å². The fourth-order valence-corrected chi connectivity index (χ4v) is 1.86. The molecule has 3 N–H and O–H groups in total. The second kappa shape index (κ2) is 6.49. The lowest BCUT2D eigenvalue weighted by Gasteiger charge is -2.10. The van der Waals surface area contributed by atoms with Crippen LogP contribution in [0.15, 0.2) is 18.2 Å². The molecule has 1 unspecified atom stereocenters. The van der Waals surface area contributed by atoms with Crippen LogP contribution >= 0.6 is 0 Å². The third-order valence-electron chi connectivity index (χ3n) is 2.90. The third kappa shape index (κ3) is 4.18. The van der Waals surface area contributed by atoms with Gasteiger partial charge < -0.3 is 20.5 Å². The maximum absolute atomic E-state index is 13.0. The van der Waals surface area contributed by atoms with Gasteiger partial charge in [0.05, 0.1) is 24.6 Å². The molecule has 1 aliphatic heterocycles. The average molecular weight is 268 g/mol. The van der Waals surface area contributed by atoms with Crippen LogP contribution in [0.1, 0.15) is 6.42 Å². The lowest BCUT2D eigenvalue weighted by Crippen LogP contribution is -2.21. The Kier molecular flexibility index (Phi) is 4.70. The van der Waals surface area contributed by atoms with Crippen LogP contribution in [0.3, 0.4) is 0 Å². The molecule has 0 bridgehead atoms. The van der Waals surface area contributed by atoms with Gasteiger partial charge in [-0.3, -0.25) is 4.79 Å². The van der Waals surface area contributed by atoms with E-state index < -0.39 is 5.82 Å². The number of rotatable bonds is 5. The molecule has 5 nitrogen and oxygen atoms in total. The van der Waals surface area contributed by atoms with Gasteiger partial charge in [-0.05, 0) is 24.6 Å². The Hall–Kier alpha value is -1.66. The van der Waals surface area contributed by atoms with Gasteiger partial charge in [-0.15, -0.1) is 0 Å². The number of halogens is 1. The molecule has 1 heterocycles. The number of benzene rings is 1. The average Bonchev–Trinajstić information content (AvgIpc) is 2.87. The minimum absolute atomic E-state index is 0.0769.